The molecular weight excluding hydrogens is 350 g/mol. The highest BCUT2D eigenvalue weighted by Crippen LogP contribution is 2.26. The number of hydrogen-bond donors (Lipinski definition) is 0. The van der Waals surface area contributed by atoms with E-state index in [0.29, 0.717) is 5.56 Å². The first-order valence-electron chi connectivity index (χ1n) is 7.12. The van der Waals surface area contributed by atoms with Crippen molar-refractivity contribution >= 4 is 21.7 Å². The highest BCUT2D eigenvalue weighted by atomic mass is 79.9. The Hall–Kier alpha value is -1.55. The molecule has 2 aromatic carbocycles. The second-order valence-corrected chi connectivity index (χ2v) is 6.28. The molecule has 2 aromatic rings. The maximum Gasteiger partial charge on any atom is 0.252 e. The lowest BCUT2D eigenvalue weighted by molar-refractivity contribution is -0.120. The number of carbonyl (C=O) groups is 1. The summed E-state index contributed by atoms with van der Waals surface area (Å²) in [5.74, 6) is -3.01. The summed E-state index contributed by atoms with van der Waals surface area (Å²) in [5.41, 5.74) is 1.44. The van der Waals surface area contributed by atoms with E-state index in [-0.39, 0.29) is 25.0 Å². The van der Waals surface area contributed by atoms with Crippen molar-refractivity contribution in [2.24, 2.45) is 0 Å². The minimum Gasteiger partial charge on any atom is -0.299 e. The number of carbonyl (C=O) groups excluding carboxylic acids is 1. The second-order valence-electron chi connectivity index (χ2n) is 5.36. The van der Waals surface area contributed by atoms with Crippen LogP contribution in [0.15, 0.2) is 59.1 Å². The standard InChI is InChI=1S/C18H17BrF2O/c19-16-8-6-15(7-9-16)13-18(20,21)11-10-17(22)12-14-4-2-1-3-5-14/h1-9H,10-13H2. The van der Waals surface area contributed by atoms with Crippen LogP contribution >= 0.6 is 15.9 Å². The van der Waals surface area contributed by atoms with Gasteiger partial charge in [-0.15, -0.1) is 0 Å². The van der Waals surface area contributed by atoms with Crippen molar-refractivity contribution in [2.45, 2.75) is 31.6 Å². The Morgan fingerprint density at radius 2 is 1.59 bits per heavy atom. The molecule has 0 saturated carbocycles. The Kier molecular flexibility index (Phi) is 5.83. The van der Waals surface area contributed by atoms with E-state index in [9.17, 15) is 13.6 Å². The van der Waals surface area contributed by atoms with Gasteiger partial charge in [0, 0.05) is 30.2 Å². The maximum atomic E-state index is 13.9. The van der Waals surface area contributed by atoms with Crippen LogP contribution < -0.4 is 0 Å². The number of alkyl halides is 2. The Bertz CT molecular complexity index is 609. The van der Waals surface area contributed by atoms with E-state index in [1.807, 2.05) is 30.3 Å². The van der Waals surface area contributed by atoms with Crippen LogP contribution in [-0.2, 0) is 17.6 Å². The van der Waals surface area contributed by atoms with Crippen LogP contribution in [0.4, 0.5) is 8.78 Å². The third-order valence-corrected chi connectivity index (χ3v) is 3.92. The third-order valence-electron chi connectivity index (χ3n) is 3.39. The molecule has 0 fully saturated rings. The molecule has 0 aliphatic carbocycles. The summed E-state index contributed by atoms with van der Waals surface area (Å²) in [5, 5.41) is 0. The molecule has 0 amide bonds. The van der Waals surface area contributed by atoms with Crippen LogP contribution in [-0.4, -0.2) is 11.7 Å². The molecule has 0 atom stereocenters. The van der Waals surface area contributed by atoms with Gasteiger partial charge in [-0.2, -0.15) is 0 Å². The topological polar surface area (TPSA) is 17.1 Å². The number of rotatable bonds is 7. The number of Topliss-reactive ketones (excluding diaryl/α,β-unsaturated/α-hetero) is 1. The third kappa shape index (κ3) is 5.68. The molecule has 0 bridgehead atoms. The van der Waals surface area contributed by atoms with Crippen molar-refractivity contribution in [3.05, 3.63) is 70.2 Å². The zero-order valence-electron chi connectivity index (χ0n) is 12.1. The Morgan fingerprint density at radius 3 is 2.23 bits per heavy atom. The largest absolute Gasteiger partial charge is 0.299 e. The van der Waals surface area contributed by atoms with Gasteiger partial charge in [-0.05, 0) is 23.3 Å². The molecule has 4 heteroatoms. The highest BCUT2D eigenvalue weighted by Gasteiger charge is 2.29. The minimum atomic E-state index is -2.86. The van der Waals surface area contributed by atoms with E-state index >= 15 is 0 Å². The zero-order valence-corrected chi connectivity index (χ0v) is 13.7. The fourth-order valence-electron chi connectivity index (χ4n) is 2.22. The van der Waals surface area contributed by atoms with Gasteiger partial charge in [0.15, 0.2) is 0 Å². The van der Waals surface area contributed by atoms with Gasteiger partial charge in [0.2, 0.25) is 0 Å². The van der Waals surface area contributed by atoms with Gasteiger partial charge >= 0.3 is 0 Å². The van der Waals surface area contributed by atoms with E-state index in [1.165, 1.54) is 0 Å². The first kappa shape index (κ1) is 16.8. The molecule has 0 spiro atoms. The lowest BCUT2D eigenvalue weighted by Gasteiger charge is -2.16. The molecule has 2 rings (SSSR count). The predicted octanol–water partition coefficient (Wildman–Crippen LogP) is 5.22. The summed E-state index contributed by atoms with van der Waals surface area (Å²) in [7, 11) is 0. The smallest absolute Gasteiger partial charge is 0.252 e. The van der Waals surface area contributed by atoms with Crippen molar-refractivity contribution < 1.29 is 13.6 Å². The van der Waals surface area contributed by atoms with Gasteiger partial charge in [-0.25, -0.2) is 8.78 Å². The van der Waals surface area contributed by atoms with Crippen molar-refractivity contribution in [3.63, 3.8) is 0 Å². The Balaban J connectivity index is 1.83. The van der Waals surface area contributed by atoms with E-state index < -0.39 is 12.3 Å². The van der Waals surface area contributed by atoms with Crippen molar-refractivity contribution in [3.8, 4) is 0 Å². The SMILES string of the molecule is O=C(CCC(F)(F)Cc1ccc(Br)cc1)Cc1ccccc1. The lowest BCUT2D eigenvalue weighted by atomic mass is 9.99. The van der Waals surface area contributed by atoms with Crippen molar-refractivity contribution in [2.75, 3.05) is 0 Å². The zero-order chi connectivity index (χ0) is 16.0. The molecule has 0 aliphatic rings. The molecular formula is C18H17BrF2O. The van der Waals surface area contributed by atoms with Gasteiger partial charge in [-0.3, -0.25) is 4.79 Å². The van der Waals surface area contributed by atoms with Crippen molar-refractivity contribution in [1.29, 1.82) is 0 Å². The summed E-state index contributed by atoms with van der Waals surface area (Å²) < 4.78 is 28.7. The molecule has 0 N–H and O–H groups in total. The highest BCUT2D eigenvalue weighted by molar-refractivity contribution is 9.10. The van der Waals surface area contributed by atoms with Crippen LogP contribution in [0, 0.1) is 0 Å². The average Bonchev–Trinajstić information content (AvgIpc) is 2.49. The number of hydrogen-bond acceptors (Lipinski definition) is 1. The maximum absolute atomic E-state index is 13.9. The molecule has 0 heterocycles. The molecule has 0 unspecified atom stereocenters. The van der Waals surface area contributed by atoms with Crippen LogP contribution in [0.5, 0.6) is 0 Å². The van der Waals surface area contributed by atoms with Crippen LogP contribution in [0.2, 0.25) is 0 Å². The first-order valence-corrected chi connectivity index (χ1v) is 7.92. The van der Waals surface area contributed by atoms with Crippen LogP contribution in [0.1, 0.15) is 24.0 Å². The second kappa shape index (κ2) is 7.63. The van der Waals surface area contributed by atoms with Gasteiger partial charge in [0.25, 0.3) is 5.92 Å². The van der Waals surface area contributed by atoms with Crippen LogP contribution in [0.25, 0.3) is 0 Å². The van der Waals surface area contributed by atoms with E-state index in [0.717, 1.165) is 10.0 Å². The molecule has 0 radical (unpaired) electrons. The van der Waals surface area contributed by atoms with E-state index in [2.05, 4.69) is 15.9 Å². The molecule has 1 nitrogen and oxygen atoms in total. The number of halogens is 3. The Morgan fingerprint density at radius 1 is 0.955 bits per heavy atom. The molecule has 116 valence electrons. The van der Waals surface area contributed by atoms with Gasteiger partial charge in [0.1, 0.15) is 5.78 Å². The van der Waals surface area contributed by atoms with E-state index in [4.69, 9.17) is 0 Å². The summed E-state index contributed by atoms with van der Waals surface area (Å²) in [4.78, 5) is 11.8. The number of ketones is 1. The number of benzene rings is 2. The Labute approximate surface area is 137 Å². The first-order chi connectivity index (χ1) is 10.4. The molecule has 0 saturated heterocycles. The van der Waals surface area contributed by atoms with Gasteiger partial charge < -0.3 is 0 Å². The molecule has 0 aromatic heterocycles. The summed E-state index contributed by atoms with van der Waals surface area (Å²) >= 11 is 3.27. The lowest BCUT2D eigenvalue weighted by Crippen LogP contribution is -2.21. The average molecular weight is 367 g/mol. The molecule has 22 heavy (non-hydrogen) atoms. The summed E-state index contributed by atoms with van der Waals surface area (Å²) in [6.45, 7) is 0. The summed E-state index contributed by atoms with van der Waals surface area (Å²) in [6, 6.07) is 16.0. The molecule has 0 aliphatic heterocycles. The van der Waals surface area contributed by atoms with Crippen LogP contribution in [0.3, 0.4) is 0 Å². The normalized spacial score (nSPS) is 11.4. The van der Waals surface area contributed by atoms with E-state index in [1.54, 1.807) is 24.3 Å². The fourth-order valence-corrected chi connectivity index (χ4v) is 2.49. The summed E-state index contributed by atoms with van der Waals surface area (Å²) in [6.07, 6.45) is -0.624. The van der Waals surface area contributed by atoms with Gasteiger partial charge in [0.05, 0.1) is 0 Å². The predicted molar refractivity (Wildman–Crippen MR) is 87.2 cm³/mol. The fraction of sp³-hybridized carbons (Fsp3) is 0.278. The van der Waals surface area contributed by atoms with Crippen molar-refractivity contribution in [1.82, 2.24) is 0 Å². The quantitative estimate of drug-likeness (QED) is 0.656. The minimum absolute atomic E-state index is 0.0988. The van der Waals surface area contributed by atoms with Gasteiger partial charge in [-0.1, -0.05) is 58.4 Å². The monoisotopic (exact) mass is 366 g/mol.